The van der Waals surface area contributed by atoms with E-state index in [4.69, 9.17) is 22.1 Å². The number of morpholine rings is 1. The van der Waals surface area contributed by atoms with E-state index in [1.807, 2.05) is 0 Å². The molecule has 110 valence electrons. The first-order chi connectivity index (χ1) is 9.63. The van der Waals surface area contributed by atoms with Crippen LogP contribution in [0.4, 0.5) is 15.8 Å². The molecule has 1 aromatic carbocycles. The van der Waals surface area contributed by atoms with E-state index in [2.05, 4.69) is 10.2 Å². The minimum absolute atomic E-state index is 0.0434. The van der Waals surface area contributed by atoms with Crippen LogP contribution in [-0.2, 0) is 4.74 Å². The average Bonchev–Trinajstić information content (AvgIpc) is 2.89. The third-order valence-electron chi connectivity index (χ3n) is 4.07. The summed E-state index contributed by atoms with van der Waals surface area (Å²) >= 11 is 5.68. The van der Waals surface area contributed by atoms with E-state index in [-0.39, 0.29) is 11.1 Å². The molecule has 0 aromatic heterocycles. The minimum Gasteiger partial charge on any atom is -0.397 e. The molecule has 4 nitrogen and oxygen atoms in total. The van der Waals surface area contributed by atoms with Gasteiger partial charge >= 0.3 is 0 Å². The molecule has 1 aromatic rings. The van der Waals surface area contributed by atoms with Crippen molar-refractivity contribution in [1.29, 1.82) is 0 Å². The highest BCUT2D eigenvalue weighted by Crippen LogP contribution is 2.27. The molecule has 3 N–H and O–H groups in total. The zero-order valence-electron chi connectivity index (χ0n) is 11.2. The quantitative estimate of drug-likeness (QED) is 0.841. The van der Waals surface area contributed by atoms with Crippen molar-refractivity contribution in [2.75, 3.05) is 37.3 Å². The van der Waals surface area contributed by atoms with E-state index >= 15 is 0 Å². The monoisotopic (exact) mass is 299 g/mol. The number of rotatable bonds is 3. The van der Waals surface area contributed by atoms with Gasteiger partial charge < -0.3 is 15.8 Å². The second-order valence-corrected chi connectivity index (χ2v) is 5.89. The molecule has 2 heterocycles. The Morgan fingerprint density at radius 3 is 3.20 bits per heavy atom. The number of hydrogen-bond donors (Lipinski definition) is 2. The molecule has 0 amide bonds. The van der Waals surface area contributed by atoms with Crippen LogP contribution in [0.3, 0.4) is 0 Å². The third kappa shape index (κ3) is 2.85. The van der Waals surface area contributed by atoms with Gasteiger partial charge in [-0.15, -0.1) is 0 Å². The Bertz CT molecular complexity index is 500. The fourth-order valence-corrected chi connectivity index (χ4v) is 3.12. The Morgan fingerprint density at radius 1 is 1.50 bits per heavy atom. The van der Waals surface area contributed by atoms with E-state index < -0.39 is 5.82 Å². The predicted octanol–water partition coefficient (Wildman–Crippen LogP) is 2.34. The first-order valence-electron chi connectivity index (χ1n) is 6.97. The van der Waals surface area contributed by atoms with E-state index in [0.717, 1.165) is 19.7 Å². The first-order valence-corrected chi connectivity index (χ1v) is 7.35. The van der Waals surface area contributed by atoms with Crippen LogP contribution in [0.5, 0.6) is 0 Å². The normalized spacial score (nSPS) is 26.5. The lowest BCUT2D eigenvalue weighted by atomic mass is 10.2. The maximum absolute atomic E-state index is 13.4. The summed E-state index contributed by atoms with van der Waals surface area (Å²) in [5.74, 6) is -0.465. The van der Waals surface area contributed by atoms with Gasteiger partial charge in [-0.1, -0.05) is 11.6 Å². The maximum Gasteiger partial charge on any atom is 0.143 e. The SMILES string of the molecule is Nc1cc(Cl)c(F)cc1NCC1CN2CCCC2CO1. The largest absolute Gasteiger partial charge is 0.397 e. The molecule has 0 radical (unpaired) electrons. The van der Waals surface area contributed by atoms with Crippen LogP contribution in [0.1, 0.15) is 12.8 Å². The topological polar surface area (TPSA) is 50.5 Å². The number of nitrogens with zero attached hydrogens (tertiary/aromatic N) is 1. The summed E-state index contributed by atoms with van der Waals surface area (Å²) in [4.78, 5) is 2.47. The Hall–Kier alpha value is -1.04. The van der Waals surface area contributed by atoms with Crippen molar-refractivity contribution in [3.05, 3.63) is 23.0 Å². The summed E-state index contributed by atoms with van der Waals surface area (Å²) in [6.07, 6.45) is 2.60. The number of anilines is 2. The fourth-order valence-electron chi connectivity index (χ4n) is 2.95. The number of ether oxygens (including phenoxy) is 1. The molecule has 3 rings (SSSR count). The number of nitrogens with one attached hydrogen (secondary N) is 1. The van der Waals surface area contributed by atoms with Gasteiger partial charge in [-0.3, -0.25) is 4.90 Å². The number of fused-ring (bicyclic) bond motifs is 1. The Kier molecular flexibility index (Phi) is 4.01. The molecule has 20 heavy (non-hydrogen) atoms. The summed E-state index contributed by atoms with van der Waals surface area (Å²) < 4.78 is 19.3. The van der Waals surface area contributed by atoms with Crippen LogP contribution in [-0.4, -0.2) is 43.3 Å². The van der Waals surface area contributed by atoms with Crippen molar-refractivity contribution in [2.24, 2.45) is 0 Å². The second-order valence-electron chi connectivity index (χ2n) is 5.48. The van der Waals surface area contributed by atoms with Crippen LogP contribution in [0.15, 0.2) is 12.1 Å². The van der Waals surface area contributed by atoms with Crippen LogP contribution in [0.25, 0.3) is 0 Å². The minimum atomic E-state index is -0.465. The van der Waals surface area contributed by atoms with Crippen molar-refractivity contribution in [2.45, 2.75) is 25.0 Å². The summed E-state index contributed by atoms with van der Waals surface area (Å²) in [7, 11) is 0. The standard InChI is InChI=1S/C14H19ClFN3O/c15-11-4-13(17)14(5-12(11)16)18-6-10-7-19-3-1-2-9(19)8-20-10/h4-5,9-10,18H,1-3,6-8,17H2. The lowest BCUT2D eigenvalue weighted by Gasteiger charge is -2.35. The molecular formula is C14H19ClFN3O. The highest BCUT2D eigenvalue weighted by molar-refractivity contribution is 6.31. The van der Waals surface area contributed by atoms with E-state index in [0.29, 0.717) is 24.0 Å². The van der Waals surface area contributed by atoms with E-state index in [1.165, 1.54) is 25.0 Å². The smallest absolute Gasteiger partial charge is 0.143 e. The van der Waals surface area contributed by atoms with Gasteiger partial charge in [0.2, 0.25) is 0 Å². The molecular weight excluding hydrogens is 281 g/mol. The lowest BCUT2D eigenvalue weighted by Crippen LogP contribution is -2.48. The highest BCUT2D eigenvalue weighted by atomic mass is 35.5. The van der Waals surface area contributed by atoms with Gasteiger partial charge in [0.05, 0.1) is 29.1 Å². The Morgan fingerprint density at radius 2 is 2.35 bits per heavy atom. The third-order valence-corrected chi connectivity index (χ3v) is 4.36. The van der Waals surface area contributed by atoms with Crippen molar-refractivity contribution < 1.29 is 9.13 Å². The molecule has 2 aliphatic rings. The zero-order chi connectivity index (χ0) is 14.1. The van der Waals surface area contributed by atoms with Crippen molar-refractivity contribution >= 4 is 23.0 Å². The van der Waals surface area contributed by atoms with Crippen LogP contribution in [0, 0.1) is 5.82 Å². The molecule has 2 saturated heterocycles. The first kappa shape index (κ1) is 13.9. The van der Waals surface area contributed by atoms with E-state index in [9.17, 15) is 4.39 Å². The van der Waals surface area contributed by atoms with Crippen molar-refractivity contribution in [3.8, 4) is 0 Å². The van der Waals surface area contributed by atoms with Gasteiger partial charge in [-0.25, -0.2) is 4.39 Å². The van der Waals surface area contributed by atoms with Gasteiger partial charge in [0.15, 0.2) is 0 Å². The highest BCUT2D eigenvalue weighted by Gasteiger charge is 2.31. The molecule has 0 saturated carbocycles. The Balaban J connectivity index is 1.58. The summed E-state index contributed by atoms with van der Waals surface area (Å²) in [6, 6.07) is 3.35. The molecule has 2 aliphatic heterocycles. The van der Waals surface area contributed by atoms with Crippen molar-refractivity contribution in [3.63, 3.8) is 0 Å². The number of benzene rings is 1. The number of nitrogen functional groups attached to an aromatic ring is 1. The Labute approximate surface area is 123 Å². The molecule has 0 aliphatic carbocycles. The average molecular weight is 300 g/mol. The maximum atomic E-state index is 13.4. The van der Waals surface area contributed by atoms with Crippen molar-refractivity contribution in [1.82, 2.24) is 4.90 Å². The zero-order valence-corrected chi connectivity index (χ0v) is 12.0. The van der Waals surface area contributed by atoms with Crippen LogP contribution in [0.2, 0.25) is 5.02 Å². The number of halogens is 2. The molecule has 0 spiro atoms. The van der Waals surface area contributed by atoms with Gasteiger partial charge in [0.25, 0.3) is 0 Å². The van der Waals surface area contributed by atoms with E-state index in [1.54, 1.807) is 0 Å². The lowest BCUT2D eigenvalue weighted by molar-refractivity contribution is -0.0415. The molecule has 6 heteroatoms. The van der Waals surface area contributed by atoms with Gasteiger partial charge in [-0.05, 0) is 25.5 Å². The molecule has 2 fully saturated rings. The summed E-state index contributed by atoms with van der Waals surface area (Å²) in [5.41, 5.74) is 6.85. The molecule has 2 unspecified atom stereocenters. The fraction of sp³-hybridized carbons (Fsp3) is 0.571. The predicted molar refractivity (Wildman–Crippen MR) is 78.6 cm³/mol. The summed E-state index contributed by atoms with van der Waals surface area (Å²) in [5, 5.41) is 3.20. The number of hydrogen-bond acceptors (Lipinski definition) is 4. The van der Waals surface area contributed by atoms with Crippen LogP contribution >= 0.6 is 11.6 Å². The molecule has 2 atom stereocenters. The van der Waals surface area contributed by atoms with Gasteiger partial charge in [0.1, 0.15) is 5.82 Å². The summed E-state index contributed by atoms with van der Waals surface area (Å²) in [6.45, 7) is 3.49. The van der Waals surface area contributed by atoms with Crippen LogP contribution < -0.4 is 11.1 Å². The second kappa shape index (κ2) is 5.76. The molecule has 0 bridgehead atoms. The van der Waals surface area contributed by atoms with Gasteiger partial charge in [0, 0.05) is 25.2 Å². The number of nitrogens with two attached hydrogens (primary N) is 1. The van der Waals surface area contributed by atoms with Gasteiger partial charge in [-0.2, -0.15) is 0 Å².